The molecule has 0 aliphatic heterocycles. The normalized spacial score (nSPS) is 11.0. The van der Waals surface area contributed by atoms with Gasteiger partial charge in [0.15, 0.2) is 0 Å². The molecule has 2 aromatic rings. The Balaban J connectivity index is 0.00000338. The fraction of sp³-hybridized carbons (Fsp3) is 0.368. The molecule has 0 aromatic heterocycles. The molecule has 136 valence electrons. The minimum absolute atomic E-state index is 0. The zero-order chi connectivity index (χ0) is 18.3. The fourth-order valence-corrected chi connectivity index (χ4v) is 3.43. The molecule has 5 nitrogen and oxygen atoms in total. The predicted octanol–water partition coefficient (Wildman–Crippen LogP) is 1.32. The van der Waals surface area contributed by atoms with Crippen molar-refractivity contribution in [1.29, 1.82) is 0 Å². The number of hydrogen-bond acceptors (Lipinski definition) is 4. The summed E-state index contributed by atoms with van der Waals surface area (Å²) >= 11 is 0. The van der Waals surface area contributed by atoms with E-state index in [1.165, 1.54) is 36.4 Å². The van der Waals surface area contributed by atoms with Crippen LogP contribution in [0.15, 0.2) is 47.4 Å². The van der Waals surface area contributed by atoms with Gasteiger partial charge in [-0.15, -0.1) is 5.75 Å². The molecule has 0 heterocycles. The fourth-order valence-electron chi connectivity index (χ4n) is 2.67. The van der Waals surface area contributed by atoms with Crippen molar-refractivity contribution in [2.75, 3.05) is 0 Å². The maximum absolute atomic E-state index is 11.7. The summed E-state index contributed by atoms with van der Waals surface area (Å²) in [5, 5.41) is 11.2. The minimum atomic E-state index is -4.33. The summed E-state index contributed by atoms with van der Waals surface area (Å²) in [5.74, 6) is 0.693. The second kappa shape index (κ2) is 10.9. The van der Waals surface area contributed by atoms with Crippen LogP contribution in [0, 0.1) is 0 Å². The Morgan fingerprint density at radius 2 is 1.65 bits per heavy atom. The Labute approximate surface area is 177 Å². The van der Waals surface area contributed by atoms with Crippen molar-refractivity contribution in [3.63, 3.8) is 0 Å². The third-order valence-corrected chi connectivity index (χ3v) is 4.89. The Morgan fingerprint density at radius 3 is 2.27 bits per heavy atom. The smallest absolute Gasteiger partial charge is 0.872 e. The largest absolute Gasteiger partial charge is 1.00 e. The molecule has 2 rings (SSSR count). The molecule has 26 heavy (non-hydrogen) atoms. The van der Waals surface area contributed by atoms with Gasteiger partial charge in [-0.05, 0) is 37.1 Å². The first kappa shape index (κ1) is 23.0. The van der Waals surface area contributed by atoms with Crippen molar-refractivity contribution in [2.45, 2.75) is 50.3 Å². The molecule has 0 fully saturated rings. The van der Waals surface area contributed by atoms with E-state index in [1.54, 1.807) is 6.07 Å². The summed E-state index contributed by atoms with van der Waals surface area (Å²) in [5.41, 5.74) is 0.465. The van der Waals surface area contributed by atoms with Gasteiger partial charge in [-0.3, -0.25) is 4.55 Å². The average Bonchev–Trinajstić information content (AvgIpc) is 2.57. The molecule has 0 aliphatic carbocycles. The molecule has 0 amide bonds. The van der Waals surface area contributed by atoms with Gasteiger partial charge in [-0.25, -0.2) is 0 Å². The summed E-state index contributed by atoms with van der Waals surface area (Å²) in [6.45, 7) is 2.13. The van der Waals surface area contributed by atoms with Crippen molar-refractivity contribution in [3.8, 4) is 17.2 Å². The Kier molecular flexibility index (Phi) is 9.68. The molecule has 1 N–H and O–H groups in total. The molecule has 2 aromatic carbocycles. The van der Waals surface area contributed by atoms with Crippen LogP contribution in [0.25, 0.3) is 0 Å². The maximum Gasteiger partial charge on any atom is 1.00 e. The zero-order valence-corrected chi connectivity index (χ0v) is 18.1. The van der Waals surface area contributed by atoms with Crippen LogP contribution in [-0.4, -0.2) is 13.0 Å². The first-order valence-corrected chi connectivity index (χ1v) is 9.90. The molecule has 0 unspecified atom stereocenters. The summed E-state index contributed by atoms with van der Waals surface area (Å²) in [6.07, 6.45) is 5.65. The van der Waals surface area contributed by atoms with E-state index in [-0.39, 0.29) is 40.2 Å². The van der Waals surface area contributed by atoms with Gasteiger partial charge >= 0.3 is 29.6 Å². The van der Waals surface area contributed by atoms with Gasteiger partial charge in [0.25, 0.3) is 10.1 Å². The molecular formula is C19H23NaO5S. The molecule has 0 bridgehead atoms. The molecule has 0 aliphatic rings. The van der Waals surface area contributed by atoms with Crippen LogP contribution >= 0.6 is 0 Å². The number of hydrogen-bond donors (Lipinski definition) is 1. The predicted molar refractivity (Wildman–Crippen MR) is 94.7 cm³/mol. The molecule has 7 heteroatoms. The van der Waals surface area contributed by atoms with Crippen molar-refractivity contribution in [2.24, 2.45) is 0 Å². The van der Waals surface area contributed by atoms with Crippen molar-refractivity contribution >= 4 is 10.1 Å². The van der Waals surface area contributed by atoms with Gasteiger partial charge in [-0.1, -0.05) is 50.8 Å². The van der Waals surface area contributed by atoms with E-state index in [4.69, 9.17) is 4.74 Å². The summed E-state index contributed by atoms with van der Waals surface area (Å²) in [7, 11) is -4.33. The van der Waals surface area contributed by atoms with E-state index in [0.717, 1.165) is 32.1 Å². The summed E-state index contributed by atoms with van der Waals surface area (Å²) in [4.78, 5) is -0.124. The Hall–Kier alpha value is -1.05. The van der Waals surface area contributed by atoms with Gasteiger partial charge in [0.1, 0.15) is 16.4 Å². The van der Waals surface area contributed by atoms with Crippen LogP contribution in [0.5, 0.6) is 17.2 Å². The molecule has 0 atom stereocenters. The Morgan fingerprint density at radius 1 is 1.00 bits per heavy atom. The van der Waals surface area contributed by atoms with Crippen LogP contribution < -0.4 is 39.4 Å². The van der Waals surface area contributed by atoms with Crippen molar-refractivity contribution < 1.29 is 52.4 Å². The number of unbranched alkanes of at least 4 members (excludes halogenated alkanes) is 4. The van der Waals surface area contributed by atoms with Crippen LogP contribution in [0.1, 0.15) is 44.6 Å². The van der Waals surface area contributed by atoms with Crippen molar-refractivity contribution in [1.82, 2.24) is 0 Å². The zero-order valence-electron chi connectivity index (χ0n) is 15.3. The van der Waals surface area contributed by atoms with E-state index in [0.29, 0.717) is 23.5 Å². The third kappa shape index (κ3) is 6.93. The second-order valence-electron chi connectivity index (χ2n) is 5.95. The van der Waals surface area contributed by atoms with E-state index in [1.807, 2.05) is 0 Å². The van der Waals surface area contributed by atoms with E-state index in [9.17, 15) is 18.1 Å². The van der Waals surface area contributed by atoms with E-state index < -0.39 is 10.1 Å². The Bertz CT molecular complexity index is 788. The summed E-state index contributed by atoms with van der Waals surface area (Å²) in [6, 6.07) is 10.4. The topological polar surface area (TPSA) is 86.7 Å². The minimum Gasteiger partial charge on any atom is -0.872 e. The molecule has 0 saturated heterocycles. The van der Waals surface area contributed by atoms with Crippen LogP contribution in [-0.2, 0) is 16.5 Å². The van der Waals surface area contributed by atoms with Gasteiger partial charge in [0.05, 0.1) is 0 Å². The number of rotatable bonds is 9. The van der Waals surface area contributed by atoms with Gasteiger partial charge in [0.2, 0.25) is 0 Å². The van der Waals surface area contributed by atoms with E-state index >= 15 is 0 Å². The van der Waals surface area contributed by atoms with Gasteiger partial charge in [0, 0.05) is 5.56 Å². The first-order chi connectivity index (χ1) is 11.9. The van der Waals surface area contributed by atoms with Crippen LogP contribution in [0.3, 0.4) is 0 Å². The molecule has 0 saturated carbocycles. The van der Waals surface area contributed by atoms with Crippen LogP contribution in [0.2, 0.25) is 0 Å². The quantitative estimate of drug-likeness (QED) is 0.399. The third-order valence-electron chi connectivity index (χ3n) is 3.95. The standard InChI is InChI=1S/C19H24O5S.Na/c1-2-3-4-5-6-8-17-18(9-7-10-19(17)25(21,22)23)24-16-13-11-15(20)12-14-16;/h7,9-14,20H,2-6,8H2,1H3,(H,21,22,23);/q;+1/p-1. The number of ether oxygens (including phenoxy) is 1. The SMILES string of the molecule is CCCCCCCc1c(Oc2ccc([O-])cc2)cccc1S(=O)(=O)O.[Na+]. The molecular weight excluding hydrogens is 363 g/mol. The number of benzene rings is 2. The monoisotopic (exact) mass is 386 g/mol. The summed E-state index contributed by atoms with van der Waals surface area (Å²) < 4.78 is 38.7. The van der Waals surface area contributed by atoms with Gasteiger partial charge < -0.3 is 9.84 Å². The molecule has 0 spiro atoms. The maximum atomic E-state index is 11.7. The van der Waals surface area contributed by atoms with Crippen LogP contribution in [0.4, 0.5) is 0 Å². The average molecular weight is 386 g/mol. The first-order valence-electron chi connectivity index (χ1n) is 8.46. The van der Waals surface area contributed by atoms with E-state index in [2.05, 4.69) is 6.92 Å². The molecule has 0 radical (unpaired) electrons. The van der Waals surface area contributed by atoms with Crippen molar-refractivity contribution in [3.05, 3.63) is 48.0 Å². The van der Waals surface area contributed by atoms with Gasteiger partial charge in [-0.2, -0.15) is 8.42 Å². The second-order valence-corrected chi connectivity index (χ2v) is 7.34.